The van der Waals surface area contributed by atoms with Crippen LogP contribution in [0.1, 0.15) is 17.3 Å². The molecule has 7 nitrogen and oxygen atoms in total. The minimum Gasteiger partial charge on any atom is -0.493 e. The molecule has 19 heavy (non-hydrogen) atoms. The average Bonchev–Trinajstić information content (AvgIpc) is 2.27. The van der Waals surface area contributed by atoms with Gasteiger partial charge in [-0.05, 0) is 25.1 Å². The van der Waals surface area contributed by atoms with E-state index >= 15 is 0 Å². The molecule has 1 aromatic carbocycles. The SMILES string of the molecule is CCOc1ccc(S(=O)(=O)NN(C)C)cc1C(=O)O. The number of benzene rings is 1. The Kier molecular flexibility index (Phi) is 4.87. The van der Waals surface area contributed by atoms with Crippen LogP contribution in [0.4, 0.5) is 0 Å². The van der Waals surface area contributed by atoms with Gasteiger partial charge < -0.3 is 9.84 Å². The van der Waals surface area contributed by atoms with Crippen LogP contribution in [0.3, 0.4) is 0 Å². The summed E-state index contributed by atoms with van der Waals surface area (Å²) in [5, 5.41) is 10.3. The van der Waals surface area contributed by atoms with Gasteiger partial charge in [0.2, 0.25) is 0 Å². The molecule has 0 aliphatic heterocycles. The maximum Gasteiger partial charge on any atom is 0.339 e. The van der Waals surface area contributed by atoms with Crippen molar-refractivity contribution in [2.24, 2.45) is 0 Å². The minimum atomic E-state index is -3.79. The first kappa shape index (κ1) is 15.4. The van der Waals surface area contributed by atoms with Gasteiger partial charge in [-0.25, -0.2) is 18.2 Å². The highest BCUT2D eigenvalue weighted by Gasteiger charge is 2.20. The van der Waals surface area contributed by atoms with Crippen LogP contribution in [0.15, 0.2) is 23.1 Å². The van der Waals surface area contributed by atoms with E-state index in [2.05, 4.69) is 4.83 Å². The number of hydrazine groups is 1. The summed E-state index contributed by atoms with van der Waals surface area (Å²) in [5.41, 5.74) is -0.191. The fourth-order valence-electron chi connectivity index (χ4n) is 1.42. The Morgan fingerprint density at radius 2 is 2.05 bits per heavy atom. The maximum absolute atomic E-state index is 11.9. The molecule has 1 aromatic rings. The molecule has 0 saturated carbocycles. The fraction of sp³-hybridized carbons (Fsp3) is 0.364. The number of nitrogens with zero attached hydrogens (tertiary/aromatic N) is 1. The van der Waals surface area contributed by atoms with Gasteiger partial charge in [-0.3, -0.25) is 0 Å². The van der Waals surface area contributed by atoms with Crippen LogP contribution in [0.2, 0.25) is 0 Å². The number of carboxylic acids is 1. The summed E-state index contributed by atoms with van der Waals surface area (Å²) in [6.07, 6.45) is 0. The van der Waals surface area contributed by atoms with Crippen molar-refractivity contribution in [1.29, 1.82) is 0 Å². The molecule has 0 bridgehead atoms. The standard InChI is InChI=1S/C11H16N2O5S/c1-4-18-10-6-5-8(7-9(10)11(14)15)19(16,17)12-13(2)3/h5-7,12H,4H2,1-3H3,(H,14,15). The predicted molar refractivity (Wildman–Crippen MR) is 68.6 cm³/mol. The number of rotatable bonds is 6. The molecule has 0 aromatic heterocycles. The first-order valence-corrected chi connectivity index (χ1v) is 6.96. The average molecular weight is 288 g/mol. The van der Waals surface area contributed by atoms with Gasteiger partial charge in [0, 0.05) is 14.1 Å². The van der Waals surface area contributed by atoms with Crippen molar-refractivity contribution < 1.29 is 23.1 Å². The van der Waals surface area contributed by atoms with Crippen molar-refractivity contribution in [1.82, 2.24) is 9.84 Å². The van der Waals surface area contributed by atoms with E-state index in [0.29, 0.717) is 6.61 Å². The third kappa shape index (κ3) is 3.91. The summed E-state index contributed by atoms with van der Waals surface area (Å²) in [7, 11) is -0.754. The Morgan fingerprint density at radius 1 is 1.42 bits per heavy atom. The molecule has 0 aliphatic rings. The molecule has 0 atom stereocenters. The highest BCUT2D eigenvalue weighted by Crippen LogP contribution is 2.22. The van der Waals surface area contributed by atoms with E-state index in [1.54, 1.807) is 6.92 Å². The molecule has 0 saturated heterocycles. The van der Waals surface area contributed by atoms with Gasteiger partial charge in [-0.2, -0.15) is 0 Å². The zero-order chi connectivity index (χ0) is 14.6. The van der Waals surface area contributed by atoms with Crippen LogP contribution >= 0.6 is 0 Å². The van der Waals surface area contributed by atoms with E-state index in [-0.39, 0.29) is 16.2 Å². The van der Waals surface area contributed by atoms with Crippen molar-refractivity contribution in [3.8, 4) is 5.75 Å². The summed E-state index contributed by atoms with van der Waals surface area (Å²) < 4.78 is 28.9. The Bertz CT molecular complexity index is 568. The molecular formula is C11H16N2O5S. The van der Waals surface area contributed by atoms with E-state index in [1.807, 2.05) is 0 Å². The van der Waals surface area contributed by atoms with Gasteiger partial charge in [0.1, 0.15) is 11.3 Å². The van der Waals surface area contributed by atoms with E-state index in [1.165, 1.54) is 31.2 Å². The summed E-state index contributed by atoms with van der Waals surface area (Å²) in [4.78, 5) is 13.2. The lowest BCUT2D eigenvalue weighted by Crippen LogP contribution is -2.36. The molecule has 0 fully saturated rings. The molecule has 0 aliphatic carbocycles. The van der Waals surface area contributed by atoms with Crippen molar-refractivity contribution >= 4 is 16.0 Å². The maximum atomic E-state index is 11.9. The fourth-order valence-corrected chi connectivity index (χ4v) is 2.52. The zero-order valence-electron chi connectivity index (χ0n) is 10.9. The number of hydrogen-bond acceptors (Lipinski definition) is 5. The summed E-state index contributed by atoms with van der Waals surface area (Å²) >= 11 is 0. The number of nitrogens with one attached hydrogen (secondary N) is 1. The number of carbonyl (C=O) groups is 1. The Morgan fingerprint density at radius 3 is 2.53 bits per heavy atom. The van der Waals surface area contributed by atoms with Gasteiger partial charge in [0.25, 0.3) is 10.0 Å². The molecular weight excluding hydrogens is 272 g/mol. The number of sulfonamides is 1. The molecule has 2 N–H and O–H groups in total. The van der Waals surface area contributed by atoms with Gasteiger partial charge >= 0.3 is 5.97 Å². The van der Waals surface area contributed by atoms with E-state index in [0.717, 1.165) is 6.07 Å². The van der Waals surface area contributed by atoms with Gasteiger partial charge in [-0.1, -0.05) is 0 Å². The highest BCUT2D eigenvalue weighted by atomic mass is 32.2. The molecule has 0 unspecified atom stereocenters. The second kappa shape index (κ2) is 6.00. The van der Waals surface area contributed by atoms with Crippen LogP contribution in [-0.2, 0) is 10.0 Å². The zero-order valence-corrected chi connectivity index (χ0v) is 11.7. The van der Waals surface area contributed by atoms with Crippen LogP contribution in [0, 0.1) is 0 Å². The van der Waals surface area contributed by atoms with E-state index in [4.69, 9.17) is 9.84 Å². The topological polar surface area (TPSA) is 95.9 Å². The lowest BCUT2D eigenvalue weighted by atomic mass is 10.2. The van der Waals surface area contributed by atoms with Crippen LogP contribution in [0.25, 0.3) is 0 Å². The second-order valence-corrected chi connectivity index (χ2v) is 5.55. The molecule has 0 radical (unpaired) electrons. The largest absolute Gasteiger partial charge is 0.493 e. The molecule has 106 valence electrons. The first-order chi connectivity index (χ1) is 8.77. The highest BCUT2D eigenvalue weighted by molar-refractivity contribution is 7.89. The van der Waals surface area contributed by atoms with Crippen molar-refractivity contribution in [3.05, 3.63) is 23.8 Å². The quantitative estimate of drug-likeness (QED) is 0.742. The monoisotopic (exact) mass is 288 g/mol. The first-order valence-electron chi connectivity index (χ1n) is 5.48. The van der Waals surface area contributed by atoms with Crippen LogP contribution in [-0.4, -0.2) is 45.2 Å². The van der Waals surface area contributed by atoms with Crippen molar-refractivity contribution in [2.75, 3.05) is 20.7 Å². The lowest BCUT2D eigenvalue weighted by Gasteiger charge is -2.14. The summed E-state index contributed by atoms with van der Waals surface area (Å²) in [5.74, 6) is -1.11. The molecule has 0 amide bonds. The molecule has 8 heteroatoms. The predicted octanol–water partition coefficient (Wildman–Crippen LogP) is 0.538. The van der Waals surface area contributed by atoms with Gasteiger partial charge in [0.15, 0.2) is 0 Å². The van der Waals surface area contributed by atoms with E-state index < -0.39 is 16.0 Å². The number of hydrogen-bond donors (Lipinski definition) is 2. The number of ether oxygens (including phenoxy) is 1. The Labute approximate surface area is 111 Å². The van der Waals surface area contributed by atoms with Crippen LogP contribution < -0.4 is 9.57 Å². The molecule has 1 rings (SSSR count). The number of aromatic carboxylic acids is 1. The van der Waals surface area contributed by atoms with Crippen molar-refractivity contribution in [2.45, 2.75) is 11.8 Å². The molecule has 0 spiro atoms. The van der Waals surface area contributed by atoms with Gasteiger partial charge in [0.05, 0.1) is 11.5 Å². The van der Waals surface area contributed by atoms with E-state index in [9.17, 15) is 13.2 Å². The summed E-state index contributed by atoms with van der Waals surface area (Å²) in [6, 6.07) is 3.69. The number of carboxylic acid groups (broad SMARTS) is 1. The summed E-state index contributed by atoms with van der Waals surface area (Å²) in [6.45, 7) is 2.01. The smallest absolute Gasteiger partial charge is 0.339 e. The minimum absolute atomic E-state index is 0.137. The molecule has 0 heterocycles. The Hall–Kier alpha value is -1.64. The normalized spacial score (nSPS) is 11.6. The van der Waals surface area contributed by atoms with Crippen LogP contribution in [0.5, 0.6) is 5.75 Å². The third-order valence-corrected chi connectivity index (χ3v) is 3.57. The lowest BCUT2D eigenvalue weighted by molar-refractivity contribution is 0.0692. The third-order valence-electron chi connectivity index (χ3n) is 2.09. The Balaban J connectivity index is 3.26. The van der Waals surface area contributed by atoms with Crippen molar-refractivity contribution in [3.63, 3.8) is 0 Å². The second-order valence-electron chi connectivity index (χ2n) is 3.89. The van der Waals surface area contributed by atoms with Gasteiger partial charge in [-0.15, -0.1) is 4.83 Å².